The molecule has 0 saturated carbocycles. The molecule has 0 bridgehead atoms. The number of nitrogens with zero attached hydrogens (tertiary/aromatic N) is 4. The van der Waals surface area contributed by atoms with Gasteiger partial charge in [0.15, 0.2) is 5.96 Å². The third kappa shape index (κ3) is 6.46. The van der Waals surface area contributed by atoms with Gasteiger partial charge in [-0.15, -0.1) is 11.3 Å². The maximum atomic E-state index is 12.3. The molecule has 0 aromatic carbocycles. The number of thiazole rings is 1. The highest BCUT2D eigenvalue weighted by atomic mass is 32.1. The van der Waals surface area contributed by atoms with Crippen LogP contribution in [0.1, 0.15) is 41.8 Å². The first kappa shape index (κ1) is 21.6. The van der Waals surface area contributed by atoms with Crippen molar-refractivity contribution in [3.63, 3.8) is 0 Å². The summed E-state index contributed by atoms with van der Waals surface area (Å²) in [6.07, 6.45) is 3.06. The third-order valence-electron chi connectivity index (χ3n) is 4.79. The van der Waals surface area contributed by atoms with Gasteiger partial charge in [-0.1, -0.05) is 0 Å². The molecule has 152 valence electrons. The first-order chi connectivity index (χ1) is 12.9. The molecule has 1 aliphatic heterocycles. The molecule has 1 aromatic heterocycles. The lowest BCUT2D eigenvalue weighted by Crippen LogP contribution is -2.44. The summed E-state index contributed by atoms with van der Waals surface area (Å²) in [5.74, 6) is 1.05. The van der Waals surface area contributed by atoms with Gasteiger partial charge in [0.1, 0.15) is 5.01 Å². The van der Waals surface area contributed by atoms with E-state index in [4.69, 9.17) is 0 Å². The van der Waals surface area contributed by atoms with Crippen molar-refractivity contribution in [1.29, 1.82) is 0 Å². The molecule has 2 N–H and O–H groups in total. The maximum Gasteiger partial charge on any atom is 0.239 e. The van der Waals surface area contributed by atoms with Crippen molar-refractivity contribution in [3.05, 3.63) is 15.6 Å². The summed E-state index contributed by atoms with van der Waals surface area (Å²) < 4.78 is 0. The van der Waals surface area contributed by atoms with Crippen LogP contribution in [0.3, 0.4) is 0 Å². The molecule has 8 heteroatoms. The normalized spacial score (nSPS) is 18.0. The predicted molar refractivity (Wildman–Crippen MR) is 112 cm³/mol. The van der Waals surface area contributed by atoms with Crippen LogP contribution in [0.2, 0.25) is 0 Å². The van der Waals surface area contributed by atoms with Gasteiger partial charge in [-0.3, -0.25) is 9.69 Å². The lowest BCUT2D eigenvalue weighted by atomic mass is 10.2. The van der Waals surface area contributed by atoms with E-state index in [0.29, 0.717) is 6.54 Å². The van der Waals surface area contributed by atoms with E-state index in [1.165, 1.54) is 4.88 Å². The number of carbonyl (C=O) groups is 1. The average molecular weight is 395 g/mol. The molecule has 2 heterocycles. The summed E-state index contributed by atoms with van der Waals surface area (Å²) in [6, 6.07) is 0.0540. The minimum Gasteiger partial charge on any atom is -0.357 e. The summed E-state index contributed by atoms with van der Waals surface area (Å²) in [5.41, 5.74) is 1.09. The van der Waals surface area contributed by atoms with Gasteiger partial charge in [0.2, 0.25) is 5.91 Å². The highest BCUT2D eigenvalue weighted by Crippen LogP contribution is 2.19. The zero-order valence-corrected chi connectivity index (χ0v) is 18.2. The summed E-state index contributed by atoms with van der Waals surface area (Å²) >= 11 is 1.71. The Balaban J connectivity index is 1.78. The van der Waals surface area contributed by atoms with Gasteiger partial charge in [-0.2, -0.15) is 0 Å². The number of nitrogens with one attached hydrogen (secondary N) is 2. The van der Waals surface area contributed by atoms with E-state index in [1.54, 1.807) is 16.2 Å². The molecule has 1 amide bonds. The quantitative estimate of drug-likeness (QED) is 0.399. The molecule has 1 atom stereocenters. The molecule has 0 aliphatic carbocycles. The third-order valence-corrected chi connectivity index (χ3v) is 5.85. The molecule has 0 spiro atoms. The van der Waals surface area contributed by atoms with Crippen molar-refractivity contribution in [2.24, 2.45) is 4.99 Å². The van der Waals surface area contributed by atoms with Crippen LogP contribution in [0.15, 0.2) is 4.99 Å². The smallest absolute Gasteiger partial charge is 0.239 e. The number of carbonyl (C=O) groups excluding carboxylic acids is 1. The zero-order valence-electron chi connectivity index (χ0n) is 17.3. The summed E-state index contributed by atoms with van der Waals surface area (Å²) in [7, 11) is 3.68. The van der Waals surface area contributed by atoms with E-state index in [2.05, 4.69) is 39.4 Å². The van der Waals surface area contributed by atoms with E-state index in [1.807, 2.05) is 21.0 Å². The zero-order chi connectivity index (χ0) is 19.8. The van der Waals surface area contributed by atoms with Gasteiger partial charge in [-0.05, 0) is 46.6 Å². The van der Waals surface area contributed by atoms with E-state index < -0.39 is 0 Å². The van der Waals surface area contributed by atoms with Crippen molar-refractivity contribution < 1.29 is 4.79 Å². The van der Waals surface area contributed by atoms with Crippen LogP contribution in [0.5, 0.6) is 0 Å². The number of hydrogen-bond donors (Lipinski definition) is 2. The fraction of sp³-hybridized carbons (Fsp3) is 0.737. The number of amides is 1. The molecular weight excluding hydrogens is 360 g/mol. The number of aromatic nitrogens is 1. The Bertz CT molecular complexity index is 623. The van der Waals surface area contributed by atoms with E-state index >= 15 is 0 Å². The Morgan fingerprint density at radius 1 is 1.37 bits per heavy atom. The standard InChI is InChI=1S/C19H34N6OS/c1-6-20-19(22-13-17-23-14(2)15(3)27-17)21-10-8-12-25-11-7-9-16(25)18(26)24(4)5/h16H,6-13H2,1-5H3,(H2,20,21,22). The molecule has 1 aliphatic rings. The molecule has 1 aromatic rings. The van der Waals surface area contributed by atoms with Gasteiger partial charge < -0.3 is 15.5 Å². The summed E-state index contributed by atoms with van der Waals surface area (Å²) in [4.78, 5) is 26.7. The number of hydrogen-bond acceptors (Lipinski definition) is 5. The molecule has 7 nitrogen and oxygen atoms in total. The highest BCUT2D eigenvalue weighted by molar-refractivity contribution is 7.11. The Hall–Kier alpha value is -1.67. The van der Waals surface area contributed by atoms with Gasteiger partial charge in [0.05, 0.1) is 18.3 Å². The lowest BCUT2D eigenvalue weighted by molar-refractivity contribution is -0.133. The second kappa shape index (κ2) is 10.6. The molecule has 27 heavy (non-hydrogen) atoms. The number of likely N-dealkylation sites (tertiary alicyclic amines) is 1. The number of likely N-dealkylation sites (N-methyl/N-ethyl adjacent to an activating group) is 1. The van der Waals surface area contributed by atoms with Crippen LogP contribution < -0.4 is 10.6 Å². The first-order valence-electron chi connectivity index (χ1n) is 9.82. The fourth-order valence-corrected chi connectivity index (χ4v) is 4.11. The minimum absolute atomic E-state index is 0.0540. The van der Waals surface area contributed by atoms with Gasteiger partial charge in [0.25, 0.3) is 0 Å². The Morgan fingerprint density at radius 3 is 2.78 bits per heavy atom. The fourth-order valence-electron chi connectivity index (χ4n) is 3.26. The monoisotopic (exact) mass is 394 g/mol. The second-order valence-electron chi connectivity index (χ2n) is 7.15. The second-order valence-corrected chi connectivity index (χ2v) is 8.44. The SMILES string of the molecule is CCNC(=NCc1nc(C)c(C)s1)NCCCN1CCCC1C(=O)N(C)C. The molecule has 1 unspecified atom stereocenters. The maximum absolute atomic E-state index is 12.3. The topological polar surface area (TPSA) is 72.9 Å². The molecule has 1 saturated heterocycles. The number of guanidine groups is 1. The number of aryl methyl sites for hydroxylation is 2. The van der Waals surface area contributed by atoms with Gasteiger partial charge >= 0.3 is 0 Å². The molecular formula is C19H34N6OS. The minimum atomic E-state index is 0.0540. The Labute approximate surface area is 167 Å². The van der Waals surface area contributed by atoms with Crippen molar-refractivity contribution in [2.75, 3.05) is 40.3 Å². The van der Waals surface area contributed by atoms with Crippen LogP contribution >= 0.6 is 11.3 Å². The first-order valence-corrected chi connectivity index (χ1v) is 10.6. The van der Waals surface area contributed by atoms with Crippen LogP contribution in [0.4, 0.5) is 0 Å². The van der Waals surface area contributed by atoms with Crippen LogP contribution in [0.25, 0.3) is 0 Å². The number of rotatable bonds is 8. The number of aliphatic imine (C=N–C) groups is 1. The van der Waals surface area contributed by atoms with Gasteiger partial charge in [-0.25, -0.2) is 9.98 Å². The highest BCUT2D eigenvalue weighted by Gasteiger charge is 2.30. The molecule has 1 fully saturated rings. The van der Waals surface area contributed by atoms with E-state index in [-0.39, 0.29) is 11.9 Å². The lowest BCUT2D eigenvalue weighted by Gasteiger charge is -2.26. The van der Waals surface area contributed by atoms with Gasteiger partial charge in [0, 0.05) is 38.6 Å². The van der Waals surface area contributed by atoms with Crippen LogP contribution in [0, 0.1) is 13.8 Å². The summed E-state index contributed by atoms with van der Waals surface area (Å²) in [5, 5.41) is 7.73. The predicted octanol–water partition coefficient (Wildman–Crippen LogP) is 1.76. The largest absolute Gasteiger partial charge is 0.357 e. The van der Waals surface area contributed by atoms with E-state index in [9.17, 15) is 4.79 Å². The van der Waals surface area contributed by atoms with Crippen LogP contribution in [-0.4, -0.2) is 73.0 Å². The van der Waals surface area contributed by atoms with Crippen molar-refractivity contribution >= 4 is 23.2 Å². The van der Waals surface area contributed by atoms with Crippen LogP contribution in [-0.2, 0) is 11.3 Å². The Morgan fingerprint density at radius 2 is 2.15 bits per heavy atom. The van der Waals surface area contributed by atoms with Crippen molar-refractivity contribution in [3.8, 4) is 0 Å². The van der Waals surface area contributed by atoms with E-state index in [0.717, 1.165) is 62.1 Å². The summed E-state index contributed by atoms with van der Waals surface area (Å²) in [6.45, 7) is 10.4. The van der Waals surface area contributed by atoms with Crippen molar-refractivity contribution in [2.45, 2.75) is 52.6 Å². The molecule has 2 rings (SSSR count). The Kier molecular flexibility index (Phi) is 8.50. The molecule has 0 radical (unpaired) electrons. The average Bonchev–Trinajstić information content (AvgIpc) is 3.22. The van der Waals surface area contributed by atoms with Crippen molar-refractivity contribution in [1.82, 2.24) is 25.4 Å².